The number of carbonyl (C=O) groups excluding carboxylic acids is 1. The maximum atomic E-state index is 14.7. The summed E-state index contributed by atoms with van der Waals surface area (Å²) in [6.45, 7) is 7.18. The highest BCUT2D eigenvalue weighted by Crippen LogP contribution is 2.25. The number of carbonyl (C=O) groups is 1. The van der Waals surface area contributed by atoms with Gasteiger partial charge in [-0.2, -0.15) is 8.42 Å². The van der Waals surface area contributed by atoms with E-state index >= 15 is 0 Å². The number of piperazine rings is 1. The molecule has 0 saturated carbocycles. The third-order valence-electron chi connectivity index (χ3n) is 4.79. The van der Waals surface area contributed by atoms with E-state index in [9.17, 15) is 17.6 Å². The molecular formula is C18H23FN4O3S. The van der Waals surface area contributed by atoms with Crippen molar-refractivity contribution in [2.45, 2.75) is 27.3 Å². The second-order valence-electron chi connectivity index (χ2n) is 6.77. The fraction of sp³-hybridized carbons (Fsp3) is 0.444. The van der Waals surface area contributed by atoms with Gasteiger partial charge in [0.15, 0.2) is 0 Å². The van der Waals surface area contributed by atoms with Gasteiger partial charge in [-0.3, -0.25) is 9.10 Å². The van der Waals surface area contributed by atoms with Crippen molar-refractivity contribution in [1.29, 1.82) is 0 Å². The SMILES string of the molecule is CC(=O)N1CCN(c2ccc(CN3C(C)=CC(C)=NS3(=O)=O)c(F)c2)CC1. The van der Waals surface area contributed by atoms with E-state index in [1.165, 1.54) is 6.07 Å². The molecule has 146 valence electrons. The van der Waals surface area contributed by atoms with Gasteiger partial charge in [0.1, 0.15) is 5.82 Å². The summed E-state index contributed by atoms with van der Waals surface area (Å²) < 4.78 is 43.9. The number of halogens is 1. The highest BCUT2D eigenvalue weighted by molar-refractivity contribution is 7.88. The summed E-state index contributed by atoms with van der Waals surface area (Å²) in [5, 5.41) is 0. The first kappa shape index (κ1) is 19.3. The van der Waals surface area contributed by atoms with Crippen molar-refractivity contribution in [1.82, 2.24) is 9.21 Å². The Labute approximate surface area is 159 Å². The molecule has 0 aromatic heterocycles. The van der Waals surface area contributed by atoms with Gasteiger partial charge in [-0.05, 0) is 32.1 Å². The fourth-order valence-corrected chi connectivity index (χ4v) is 4.55. The number of allylic oxidation sites excluding steroid dienone is 2. The number of hydrogen-bond acceptors (Lipinski definition) is 4. The summed E-state index contributed by atoms with van der Waals surface area (Å²) >= 11 is 0. The van der Waals surface area contributed by atoms with Gasteiger partial charge in [-0.1, -0.05) is 6.07 Å². The first-order chi connectivity index (χ1) is 12.7. The van der Waals surface area contributed by atoms with Crippen LogP contribution in [0.2, 0.25) is 0 Å². The van der Waals surface area contributed by atoms with Crippen molar-refractivity contribution in [2.75, 3.05) is 31.1 Å². The van der Waals surface area contributed by atoms with Gasteiger partial charge in [-0.15, -0.1) is 4.40 Å². The summed E-state index contributed by atoms with van der Waals surface area (Å²) in [5.41, 5.74) is 1.92. The van der Waals surface area contributed by atoms with Gasteiger partial charge in [0.05, 0.1) is 12.3 Å². The Morgan fingerprint density at radius 3 is 2.41 bits per heavy atom. The minimum absolute atomic E-state index is 0.0419. The van der Waals surface area contributed by atoms with Gasteiger partial charge in [0, 0.05) is 50.1 Å². The molecular weight excluding hydrogens is 371 g/mol. The van der Waals surface area contributed by atoms with E-state index < -0.39 is 16.0 Å². The molecule has 0 radical (unpaired) electrons. The number of nitrogens with zero attached hydrogens (tertiary/aromatic N) is 4. The van der Waals surface area contributed by atoms with Crippen LogP contribution in [0.5, 0.6) is 0 Å². The van der Waals surface area contributed by atoms with Gasteiger partial charge in [0.2, 0.25) is 5.91 Å². The molecule has 1 aromatic rings. The predicted molar refractivity (Wildman–Crippen MR) is 102 cm³/mol. The van der Waals surface area contributed by atoms with Crippen LogP contribution in [0.4, 0.5) is 10.1 Å². The van der Waals surface area contributed by atoms with Crippen LogP contribution in [0.15, 0.2) is 34.4 Å². The molecule has 2 heterocycles. The van der Waals surface area contributed by atoms with Gasteiger partial charge in [0.25, 0.3) is 0 Å². The van der Waals surface area contributed by atoms with E-state index in [2.05, 4.69) is 4.40 Å². The molecule has 27 heavy (non-hydrogen) atoms. The number of rotatable bonds is 3. The highest BCUT2D eigenvalue weighted by atomic mass is 32.2. The van der Waals surface area contributed by atoms with E-state index in [0.29, 0.717) is 37.6 Å². The maximum absolute atomic E-state index is 14.7. The van der Waals surface area contributed by atoms with E-state index in [0.717, 1.165) is 9.99 Å². The molecule has 9 heteroatoms. The van der Waals surface area contributed by atoms with Gasteiger partial charge in [-0.25, -0.2) is 4.39 Å². The molecule has 0 aliphatic carbocycles. The molecule has 1 saturated heterocycles. The minimum Gasteiger partial charge on any atom is -0.368 e. The topological polar surface area (TPSA) is 73.3 Å². The van der Waals surface area contributed by atoms with Crippen LogP contribution < -0.4 is 4.90 Å². The smallest absolute Gasteiger partial charge is 0.344 e. The molecule has 0 N–H and O–H groups in total. The molecule has 2 aliphatic heterocycles. The van der Waals surface area contributed by atoms with Crippen molar-refractivity contribution in [3.63, 3.8) is 0 Å². The molecule has 3 rings (SSSR count). The lowest BCUT2D eigenvalue weighted by atomic mass is 10.1. The number of benzene rings is 1. The molecule has 0 unspecified atom stereocenters. The highest BCUT2D eigenvalue weighted by Gasteiger charge is 2.27. The lowest BCUT2D eigenvalue weighted by Crippen LogP contribution is -2.48. The predicted octanol–water partition coefficient (Wildman–Crippen LogP) is 1.92. The van der Waals surface area contributed by atoms with Crippen LogP contribution in [-0.4, -0.2) is 55.4 Å². The van der Waals surface area contributed by atoms with Crippen LogP contribution in [0.1, 0.15) is 26.3 Å². The number of hydrogen-bond donors (Lipinski definition) is 0. The summed E-state index contributed by atoms with van der Waals surface area (Å²) in [6.07, 6.45) is 1.65. The maximum Gasteiger partial charge on any atom is 0.344 e. The minimum atomic E-state index is -3.84. The normalized spacial score (nSPS) is 19.6. The lowest BCUT2D eigenvalue weighted by Gasteiger charge is -2.35. The first-order valence-electron chi connectivity index (χ1n) is 8.74. The van der Waals surface area contributed by atoms with E-state index in [1.54, 1.807) is 43.9 Å². The van der Waals surface area contributed by atoms with Crippen molar-refractivity contribution in [2.24, 2.45) is 4.40 Å². The molecule has 0 spiro atoms. The fourth-order valence-electron chi connectivity index (χ4n) is 3.32. The number of amides is 1. The van der Waals surface area contributed by atoms with Crippen LogP contribution >= 0.6 is 0 Å². The van der Waals surface area contributed by atoms with Gasteiger partial charge < -0.3 is 9.80 Å². The molecule has 0 atom stereocenters. The summed E-state index contributed by atoms with van der Waals surface area (Å²) in [6, 6.07) is 4.81. The Hall–Kier alpha value is -2.42. The van der Waals surface area contributed by atoms with Crippen LogP contribution in [-0.2, 0) is 21.5 Å². The third kappa shape index (κ3) is 4.13. The standard InChI is InChI=1S/C18H23FN4O3S/c1-13-10-14(2)23(27(25,26)20-13)12-16-4-5-17(11-18(16)19)22-8-6-21(7-9-22)15(3)24/h4-5,10-11H,6-9,12H2,1-3H3. The van der Waals surface area contributed by atoms with E-state index in [1.807, 2.05) is 4.90 Å². The number of anilines is 1. The Bertz CT molecular complexity index is 919. The zero-order chi connectivity index (χ0) is 19.8. The molecule has 1 fully saturated rings. The largest absolute Gasteiger partial charge is 0.368 e. The molecule has 1 aromatic carbocycles. The Kier molecular flexibility index (Phi) is 5.23. The molecule has 0 bridgehead atoms. The molecule has 2 aliphatic rings. The first-order valence-corrected chi connectivity index (χ1v) is 10.1. The van der Waals surface area contributed by atoms with Crippen molar-refractivity contribution in [3.8, 4) is 0 Å². The average Bonchev–Trinajstić information content (AvgIpc) is 2.58. The Morgan fingerprint density at radius 1 is 1.19 bits per heavy atom. The second-order valence-corrected chi connectivity index (χ2v) is 8.29. The average molecular weight is 394 g/mol. The summed E-state index contributed by atoms with van der Waals surface area (Å²) in [5.74, 6) is -0.420. The molecule has 7 nitrogen and oxygen atoms in total. The Balaban J connectivity index is 1.75. The zero-order valence-corrected chi connectivity index (χ0v) is 16.5. The quantitative estimate of drug-likeness (QED) is 0.785. The van der Waals surface area contributed by atoms with Crippen molar-refractivity contribution in [3.05, 3.63) is 41.4 Å². The van der Waals surface area contributed by atoms with E-state index in [-0.39, 0.29) is 18.0 Å². The van der Waals surface area contributed by atoms with E-state index in [4.69, 9.17) is 0 Å². The zero-order valence-electron chi connectivity index (χ0n) is 15.6. The summed E-state index contributed by atoms with van der Waals surface area (Å²) in [4.78, 5) is 15.2. The third-order valence-corrected chi connectivity index (χ3v) is 6.28. The lowest BCUT2D eigenvalue weighted by molar-refractivity contribution is -0.129. The van der Waals surface area contributed by atoms with Crippen molar-refractivity contribution >= 4 is 27.5 Å². The van der Waals surface area contributed by atoms with Crippen LogP contribution in [0.25, 0.3) is 0 Å². The van der Waals surface area contributed by atoms with Crippen LogP contribution in [0.3, 0.4) is 0 Å². The summed E-state index contributed by atoms with van der Waals surface area (Å²) in [7, 11) is -3.84. The van der Waals surface area contributed by atoms with Crippen LogP contribution in [0, 0.1) is 5.82 Å². The Morgan fingerprint density at radius 2 is 1.85 bits per heavy atom. The molecule has 1 amide bonds. The van der Waals surface area contributed by atoms with Gasteiger partial charge >= 0.3 is 10.2 Å². The monoisotopic (exact) mass is 394 g/mol. The van der Waals surface area contributed by atoms with Crippen molar-refractivity contribution < 1.29 is 17.6 Å². The second kappa shape index (κ2) is 7.30.